The van der Waals surface area contributed by atoms with Crippen LogP contribution in [0.2, 0.25) is 0 Å². The number of hydrazone groups is 1. The molecular formula is C24H22N2O2. The Morgan fingerprint density at radius 2 is 1.46 bits per heavy atom. The monoisotopic (exact) mass is 370 g/mol. The fourth-order valence-corrected chi connectivity index (χ4v) is 3.91. The smallest absolute Gasteiger partial charge is 0.244 e. The molecule has 3 aromatic carbocycles. The highest BCUT2D eigenvalue weighted by molar-refractivity contribution is 6.01. The van der Waals surface area contributed by atoms with Crippen molar-refractivity contribution in [3.63, 3.8) is 0 Å². The molecule has 0 heterocycles. The fourth-order valence-electron chi connectivity index (χ4n) is 3.91. The molecular weight excluding hydrogens is 348 g/mol. The van der Waals surface area contributed by atoms with Crippen LogP contribution >= 0.6 is 0 Å². The minimum absolute atomic E-state index is 0.109. The van der Waals surface area contributed by atoms with E-state index in [0.29, 0.717) is 11.3 Å². The highest BCUT2D eigenvalue weighted by Gasteiger charge is 2.60. The SMILES string of the molecule is C/C(=N/NC(=O)[C@H]1CC1(c1ccccc1)c1ccccc1)c1ccccc1O. The second-order valence-electron chi connectivity index (χ2n) is 7.15. The van der Waals surface area contributed by atoms with Gasteiger partial charge in [-0.2, -0.15) is 5.10 Å². The molecule has 0 aliphatic heterocycles. The van der Waals surface area contributed by atoms with Gasteiger partial charge < -0.3 is 5.11 Å². The first-order valence-electron chi connectivity index (χ1n) is 9.36. The Kier molecular flexibility index (Phi) is 4.70. The van der Waals surface area contributed by atoms with E-state index in [2.05, 4.69) is 34.8 Å². The topological polar surface area (TPSA) is 61.7 Å². The van der Waals surface area contributed by atoms with Gasteiger partial charge in [-0.1, -0.05) is 72.8 Å². The zero-order chi connectivity index (χ0) is 19.6. The van der Waals surface area contributed by atoms with E-state index in [-0.39, 0.29) is 23.0 Å². The predicted octanol–water partition coefficient (Wildman–Crippen LogP) is 4.24. The van der Waals surface area contributed by atoms with Crippen LogP contribution in [0, 0.1) is 5.92 Å². The normalized spacial score (nSPS) is 17.8. The zero-order valence-electron chi connectivity index (χ0n) is 15.7. The number of nitrogens with one attached hydrogen (secondary N) is 1. The quantitative estimate of drug-likeness (QED) is 0.521. The van der Waals surface area contributed by atoms with Gasteiger partial charge in [0.15, 0.2) is 0 Å². The lowest BCUT2D eigenvalue weighted by atomic mass is 9.85. The van der Waals surface area contributed by atoms with E-state index in [1.54, 1.807) is 25.1 Å². The molecule has 4 rings (SSSR count). The summed E-state index contributed by atoms with van der Waals surface area (Å²) in [7, 11) is 0. The predicted molar refractivity (Wildman–Crippen MR) is 110 cm³/mol. The number of hydrogen-bond donors (Lipinski definition) is 2. The van der Waals surface area contributed by atoms with Gasteiger partial charge in [0.05, 0.1) is 11.6 Å². The molecule has 0 aromatic heterocycles. The summed E-state index contributed by atoms with van der Waals surface area (Å²) in [6, 6.07) is 27.3. The number of rotatable bonds is 5. The van der Waals surface area contributed by atoms with Crippen LogP contribution in [0.5, 0.6) is 5.75 Å². The first-order chi connectivity index (χ1) is 13.6. The molecule has 140 valence electrons. The summed E-state index contributed by atoms with van der Waals surface area (Å²) in [5.41, 5.74) is 5.84. The second-order valence-corrected chi connectivity index (χ2v) is 7.15. The maximum Gasteiger partial charge on any atom is 0.244 e. The van der Waals surface area contributed by atoms with Crippen LogP contribution in [0.15, 0.2) is 90.0 Å². The maximum atomic E-state index is 12.9. The third-order valence-electron chi connectivity index (χ3n) is 5.48. The molecule has 1 saturated carbocycles. The Morgan fingerprint density at radius 1 is 0.929 bits per heavy atom. The molecule has 3 aromatic rings. The van der Waals surface area contributed by atoms with Crippen molar-refractivity contribution < 1.29 is 9.90 Å². The van der Waals surface area contributed by atoms with E-state index in [4.69, 9.17) is 0 Å². The largest absolute Gasteiger partial charge is 0.507 e. The van der Waals surface area contributed by atoms with Gasteiger partial charge in [-0.15, -0.1) is 0 Å². The number of phenolic OH excluding ortho intramolecular Hbond substituents is 1. The van der Waals surface area contributed by atoms with Crippen LogP contribution in [-0.2, 0) is 10.2 Å². The number of carbonyl (C=O) groups excluding carboxylic acids is 1. The van der Waals surface area contributed by atoms with Crippen molar-refractivity contribution in [2.45, 2.75) is 18.8 Å². The van der Waals surface area contributed by atoms with Crippen molar-refractivity contribution in [3.8, 4) is 5.75 Å². The van der Waals surface area contributed by atoms with Crippen molar-refractivity contribution in [1.29, 1.82) is 0 Å². The Bertz CT molecular complexity index is 974. The molecule has 1 aliphatic rings. The number of carbonyl (C=O) groups is 1. The van der Waals surface area contributed by atoms with E-state index in [1.165, 1.54) is 0 Å². The molecule has 28 heavy (non-hydrogen) atoms. The van der Waals surface area contributed by atoms with Crippen molar-refractivity contribution in [2.24, 2.45) is 11.0 Å². The molecule has 1 amide bonds. The Balaban J connectivity index is 1.58. The van der Waals surface area contributed by atoms with Crippen LogP contribution in [0.3, 0.4) is 0 Å². The Hall–Kier alpha value is -3.40. The lowest BCUT2D eigenvalue weighted by molar-refractivity contribution is -0.122. The van der Waals surface area contributed by atoms with E-state index in [9.17, 15) is 9.90 Å². The molecule has 0 spiro atoms. The third-order valence-corrected chi connectivity index (χ3v) is 5.48. The zero-order valence-corrected chi connectivity index (χ0v) is 15.7. The van der Waals surface area contributed by atoms with Gasteiger partial charge in [0.25, 0.3) is 0 Å². The van der Waals surface area contributed by atoms with Crippen molar-refractivity contribution in [3.05, 3.63) is 102 Å². The molecule has 2 N–H and O–H groups in total. The van der Waals surface area contributed by atoms with Crippen LogP contribution < -0.4 is 5.43 Å². The number of nitrogens with zero attached hydrogens (tertiary/aromatic N) is 1. The molecule has 0 radical (unpaired) electrons. The first-order valence-corrected chi connectivity index (χ1v) is 9.36. The summed E-state index contributed by atoms with van der Waals surface area (Å²) < 4.78 is 0. The molecule has 0 unspecified atom stereocenters. The molecule has 4 nitrogen and oxygen atoms in total. The summed E-state index contributed by atoms with van der Waals surface area (Å²) in [5.74, 6) is -0.145. The average molecular weight is 370 g/mol. The fraction of sp³-hybridized carbons (Fsp3) is 0.167. The molecule has 1 fully saturated rings. The molecule has 0 bridgehead atoms. The van der Waals surface area contributed by atoms with Gasteiger partial charge in [-0.05, 0) is 36.6 Å². The minimum Gasteiger partial charge on any atom is -0.507 e. The summed E-state index contributed by atoms with van der Waals surface area (Å²) in [5, 5.41) is 14.2. The van der Waals surface area contributed by atoms with E-state index in [1.807, 2.05) is 42.5 Å². The standard InChI is InChI=1S/C24H22N2O2/c1-17(20-14-8-9-15-22(20)27)25-26-23(28)21-16-24(21,18-10-4-2-5-11-18)19-12-6-3-7-13-19/h2-15,21,27H,16H2,1H3,(H,26,28)/b25-17-/t21-/m1/s1. The summed E-state index contributed by atoms with van der Waals surface area (Å²) in [6.45, 7) is 1.77. The Morgan fingerprint density at radius 3 is 2.04 bits per heavy atom. The van der Waals surface area contributed by atoms with Gasteiger partial charge in [-0.25, -0.2) is 5.43 Å². The number of phenols is 1. The number of hydrogen-bond acceptors (Lipinski definition) is 3. The van der Waals surface area contributed by atoms with Crippen LogP contribution in [0.1, 0.15) is 30.0 Å². The first kappa shape index (κ1) is 18.0. The molecule has 1 aliphatic carbocycles. The van der Waals surface area contributed by atoms with Crippen LogP contribution in [0.25, 0.3) is 0 Å². The molecule has 4 heteroatoms. The van der Waals surface area contributed by atoms with Crippen LogP contribution in [-0.4, -0.2) is 16.7 Å². The van der Waals surface area contributed by atoms with E-state index < -0.39 is 0 Å². The number of para-hydroxylation sites is 1. The second kappa shape index (κ2) is 7.31. The maximum absolute atomic E-state index is 12.9. The summed E-state index contributed by atoms with van der Waals surface area (Å²) in [6.07, 6.45) is 0.748. The summed E-state index contributed by atoms with van der Waals surface area (Å²) >= 11 is 0. The minimum atomic E-state index is -0.315. The number of benzene rings is 3. The average Bonchev–Trinajstić information content (AvgIpc) is 3.51. The number of amides is 1. The van der Waals surface area contributed by atoms with Gasteiger partial charge >= 0.3 is 0 Å². The Labute approximate surface area is 164 Å². The molecule has 0 saturated heterocycles. The van der Waals surface area contributed by atoms with Gasteiger partial charge in [0.2, 0.25) is 5.91 Å². The van der Waals surface area contributed by atoms with Crippen molar-refractivity contribution in [1.82, 2.24) is 5.43 Å². The van der Waals surface area contributed by atoms with Crippen molar-refractivity contribution >= 4 is 11.6 Å². The lowest BCUT2D eigenvalue weighted by Crippen LogP contribution is -2.26. The molecule has 1 atom stereocenters. The van der Waals surface area contributed by atoms with Crippen LogP contribution in [0.4, 0.5) is 0 Å². The third kappa shape index (κ3) is 3.18. The lowest BCUT2D eigenvalue weighted by Gasteiger charge is -2.18. The van der Waals surface area contributed by atoms with Gasteiger partial charge in [0.1, 0.15) is 5.75 Å². The highest BCUT2D eigenvalue weighted by Crippen LogP contribution is 2.58. The van der Waals surface area contributed by atoms with Gasteiger partial charge in [0, 0.05) is 11.0 Å². The van der Waals surface area contributed by atoms with Crippen molar-refractivity contribution in [2.75, 3.05) is 0 Å². The van der Waals surface area contributed by atoms with E-state index in [0.717, 1.165) is 17.5 Å². The van der Waals surface area contributed by atoms with E-state index >= 15 is 0 Å². The highest BCUT2D eigenvalue weighted by atomic mass is 16.3. The number of aromatic hydroxyl groups is 1. The summed E-state index contributed by atoms with van der Waals surface area (Å²) in [4.78, 5) is 12.9. The van der Waals surface area contributed by atoms with Gasteiger partial charge in [-0.3, -0.25) is 4.79 Å².